The summed E-state index contributed by atoms with van der Waals surface area (Å²) in [7, 11) is 0. The Bertz CT molecular complexity index is 702. The molecule has 4 nitrogen and oxygen atoms in total. The second kappa shape index (κ2) is 8.17. The zero-order chi connectivity index (χ0) is 18.6. The van der Waals surface area contributed by atoms with Crippen LogP contribution in [0.15, 0.2) is 36.5 Å². The summed E-state index contributed by atoms with van der Waals surface area (Å²) >= 11 is -1.16. The first-order chi connectivity index (χ1) is 11.7. The molecule has 0 fully saturated rings. The quantitative estimate of drug-likeness (QED) is 0.780. The van der Waals surface area contributed by atoms with Crippen molar-refractivity contribution >= 4 is 11.4 Å². The molecule has 6 heteroatoms. The molecule has 1 heterocycles. The van der Waals surface area contributed by atoms with E-state index in [0.29, 0.717) is 12.4 Å². The third-order valence-electron chi connectivity index (χ3n) is 3.68. The minimum Gasteiger partial charge on any atom is -0.598 e. The third kappa shape index (κ3) is 5.70. The average Bonchev–Trinajstić information content (AvgIpc) is 2.54. The molecule has 25 heavy (non-hydrogen) atoms. The second-order valence-corrected chi connectivity index (χ2v) is 9.01. The summed E-state index contributed by atoms with van der Waals surface area (Å²) < 4.78 is 33.6. The van der Waals surface area contributed by atoms with Crippen LogP contribution in [0.25, 0.3) is 0 Å². The zero-order valence-corrected chi connectivity index (χ0v) is 16.1. The van der Waals surface area contributed by atoms with Crippen LogP contribution >= 0.6 is 0 Å². The summed E-state index contributed by atoms with van der Waals surface area (Å²) in [5.74, 6) is 0.414. The molecule has 0 spiro atoms. The predicted octanol–water partition coefficient (Wildman–Crippen LogP) is 4.22. The van der Waals surface area contributed by atoms with Crippen LogP contribution in [-0.4, -0.2) is 14.3 Å². The van der Waals surface area contributed by atoms with Crippen LogP contribution < -0.4 is 9.46 Å². The maximum atomic E-state index is 12.9. The molecule has 0 aliphatic rings. The third-order valence-corrected chi connectivity index (χ3v) is 5.36. The van der Waals surface area contributed by atoms with Gasteiger partial charge in [0.25, 0.3) is 0 Å². The lowest BCUT2D eigenvalue weighted by Crippen LogP contribution is -2.40. The van der Waals surface area contributed by atoms with Crippen LogP contribution in [0.2, 0.25) is 0 Å². The highest BCUT2D eigenvalue weighted by Gasteiger charge is 2.28. The molecule has 0 bridgehead atoms. The van der Waals surface area contributed by atoms with Crippen LogP contribution in [0.5, 0.6) is 5.75 Å². The molecule has 1 aromatic heterocycles. The Balaban J connectivity index is 2.01. The summed E-state index contributed by atoms with van der Waals surface area (Å²) in [6, 6.07) is 8.01. The predicted molar refractivity (Wildman–Crippen MR) is 99.2 cm³/mol. The zero-order valence-electron chi connectivity index (χ0n) is 15.3. The highest BCUT2D eigenvalue weighted by molar-refractivity contribution is 7.90. The van der Waals surface area contributed by atoms with Crippen molar-refractivity contribution in [1.29, 1.82) is 0 Å². The fourth-order valence-electron chi connectivity index (χ4n) is 2.09. The molecule has 1 N–H and O–H groups in total. The van der Waals surface area contributed by atoms with Gasteiger partial charge >= 0.3 is 0 Å². The second-order valence-electron chi connectivity index (χ2n) is 7.01. The van der Waals surface area contributed by atoms with Crippen molar-refractivity contribution < 1.29 is 13.7 Å². The van der Waals surface area contributed by atoms with Gasteiger partial charge in [-0.1, -0.05) is 12.1 Å². The Hall–Kier alpha value is -1.63. The number of aryl methyl sites for hydroxylation is 1. The lowest BCUT2D eigenvalue weighted by atomic mass is 10.1. The molecular weight excluding hydrogens is 339 g/mol. The van der Waals surface area contributed by atoms with Crippen LogP contribution in [-0.2, 0) is 18.0 Å². The van der Waals surface area contributed by atoms with E-state index in [0.717, 1.165) is 16.8 Å². The lowest BCUT2D eigenvalue weighted by molar-refractivity contribution is 0.302. The Kier molecular flexibility index (Phi) is 6.43. The number of aromatic nitrogens is 1. The molecule has 2 rings (SSSR count). The standard InChI is InChI=1S/C19H25FN2O2S/c1-13-10-17(14(2)22-25(23)19(3,4)5)21-11-18(13)24-12-15-6-8-16(20)9-7-15/h6-11,14,22H,12H2,1-5H3/t14-,25?/m1/s1. The minimum atomic E-state index is -1.16. The number of nitrogens with zero attached hydrogens (tertiary/aromatic N) is 1. The molecule has 136 valence electrons. The van der Waals surface area contributed by atoms with Gasteiger partial charge in [0.2, 0.25) is 0 Å². The Labute approximate surface area is 152 Å². The molecule has 0 aliphatic carbocycles. The van der Waals surface area contributed by atoms with Crippen LogP contribution in [0.3, 0.4) is 0 Å². The van der Waals surface area contributed by atoms with Gasteiger partial charge in [-0.2, -0.15) is 0 Å². The maximum Gasteiger partial charge on any atom is 0.141 e. The number of hydrogen-bond acceptors (Lipinski definition) is 4. The number of hydrogen-bond donors (Lipinski definition) is 1. The van der Waals surface area contributed by atoms with Crippen LogP contribution in [0.1, 0.15) is 50.6 Å². The van der Waals surface area contributed by atoms with E-state index in [1.807, 2.05) is 40.7 Å². The Morgan fingerprint density at radius 2 is 1.92 bits per heavy atom. The fourth-order valence-corrected chi connectivity index (χ4v) is 2.89. The minimum absolute atomic E-state index is 0.134. The number of halogens is 1. The van der Waals surface area contributed by atoms with Crippen molar-refractivity contribution in [2.24, 2.45) is 0 Å². The van der Waals surface area contributed by atoms with E-state index in [-0.39, 0.29) is 16.6 Å². The molecule has 0 amide bonds. The van der Waals surface area contributed by atoms with Gasteiger partial charge in [0.1, 0.15) is 22.9 Å². The van der Waals surface area contributed by atoms with Crippen molar-refractivity contribution in [2.45, 2.75) is 52.0 Å². The molecule has 0 saturated heterocycles. The molecule has 1 aromatic carbocycles. The summed E-state index contributed by atoms with van der Waals surface area (Å²) in [5.41, 5.74) is 2.65. The molecule has 0 aliphatic heterocycles. The molecule has 1 unspecified atom stereocenters. The van der Waals surface area contributed by atoms with Crippen LogP contribution in [0, 0.1) is 12.7 Å². The van der Waals surface area contributed by atoms with E-state index < -0.39 is 11.4 Å². The smallest absolute Gasteiger partial charge is 0.141 e. The summed E-state index contributed by atoms with van der Waals surface area (Å²) in [4.78, 5) is 4.42. The number of nitrogens with one attached hydrogen (secondary N) is 1. The van der Waals surface area contributed by atoms with Crippen molar-refractivity contribution in [3.63, 3.8) is 0 Å². The molecule has 2 aromatic rings. The topological polar surface area (TPSA) is 57.2 Å². The van der Waals surface area contributed by atoms with E-state index in [1.165, 1.54) is 12.1 Å². The molecular formula is C19H25FN2O2S. The number of pyridine rings is 1. The van der Waals surface area contributed by atoms with Gasteiger partial charge < -0.3 is 9.29 Å². The molecule has 0 radical (unpaired) electrons. The van der Waals surface area contributed by atoms with E-state index in [4.69, 9.17) is 4.74 Å². The first-order valence-electron chi connectivity index (χ1n) is 8.18. The van der Waals surface area contributed by atoms with Gasteiger partial charge in [0, 0.05) is 11.4 Å². The first-order valence-corrected chi connectivity index (χ1v) is 9.33. The van der Waals surface area contributed by atoms with Gasteiger partial charge in [-0.05, 0) is 63.9 Å². The number of benzene rings is 1. The summed E-state index contributed by atoms with van der Waals surface area (Å²) in [5, 5.41) is 0. The van der Waals surface area contributed by atoms with E-state index in [1.54, 1.807) is 18.3 Å². The van der Waals surface area contributed by atoms with E-state index in [9.17, 15) is 8.94 Å². The highest BCUT2D eigenvalue weighted by atomic mass is 32.2. The Morgan fingerprint density at radius 3 is 2.48 bits per heavy atom. The SMILES string of the molecule is Cc1cc([C@@H](C)N[S+]([O-])C(C)(C)C)ncc1OCc1ccc(F)cc1. The number of ether oxygens (including phenoxy) is 1. The first kappa shape index (κ1) is 19.7. The van der Waals surface area contributed by atoms with Gasteiger partial charge in [-0.3, -0.25) is 4.98 Å². The largest absolute Gasteiger partial charge is 0.598 e. The van der Waals surface area contributed by atoms with Crippen molar-refractivity contribution in [3.8, 4) is 5.75 Å². The average molecular weight is 364 g/mol. The summed E-state index contributed by atoms with van der Waals surface area (Å²) in [6.45, 7) is 10.0. The lowest BCUT2D eigenvalue weighted by Gasteiger charge is -2.26. The van der Waals surface area contributed by atoms with E-state index >= 15 is 0 Å². The van der Waals surface area contributed by atoms with Crippen molar-refractivity contribution in [3.05, 3.63) is 59.2 Å². The molecule has 2 atom stereocenters. The normalized spacial score (nSPS) is 14.2. The highest BCUT2D eigenvalue weighted by Crippen LogP contribution is 2.23. The summed E-state index contributed by atoms with van der Waals surface area (Å²) in [6.07, 6.45) is 1.67. The fraction of sp³-hybridized carbons (Fsp3) is 0.421. The van der Waals surface area contributed by atoms with E-state index in [2.05, 4.69) is 9.71 Å². The van der Waals surface area contributed by atoms with Crippen molar-refractivity contribution in [1.82, 2.24) is 9.71 Å². The van der Waals surface area contributed by atoms with Crippen LogP contribution in [0.4, 0.5) is 4.39 Å². The Morgan fingerprint density at radius 1 is 1.28 bits per heavy atom. The van der Waals surface area contributed by atoms with Crippen molar-refractivity contribution in [2.75, 3.05) is 0 Å². The molecule has 0 saturated carbocycles. The van der Waals surface area contributed by atoms with Gasteiger partial charge in [0.15, 0.2) is 0 Å². The van der Waals surface area contributed by atoms with Gasteiger partial charge in [-0.25, -0.2) is 4.39 Å². The van der Waals surface area contributed by atoms with Gasteiger partial charge in [-0.15, -0.1) is 4.72 Å². The monoisotopic (exact) mass is 364 g/mol. The maximum absolute atomic E-state index is 12.9. The number of rotatable bonds is 6. The van der Waals surface area contributed by atoms with Gasteiger partial charge in [0.05, 0.1) is 17.9 Å².